The van der Waals surface area contributed by atoms with Crippen LogP contribution in [0.2, 0.25) is 0 Å². The van der Waals surface area contributed by atoms with Crippen LogP contribution < -0.4 is 21.1 Å². The first-order chi connectivity index (χ1) is 15.1. The normalized spacial score (nSPS) is 20.9. The maximum Gasteiger partial charge on any atom is 0.408 e. The number of H-pyrrole nitrogens is 1. The third kappa shape index (κ3) is 5.36. The highest BCUT2D eigenvalue weighted by Gasteiger charge is 2.47. The minimum Gasteiger partial charge on any atom is -0.377 e. The summed E-state index contributed by atoms with van der Waals surface area (Å²) < 4.78 is 47.8. The Labute approximate surface area is 181 Å². The van der Waals surface area contributed by atoms with Gasteiger partial charge in [-0.3, -0.25) is 19.3 Å². The van der Waals surface area contributed by atoms with Crippen molar-refractivity contribution in [1.82, 2.24) is 24.7 Å². The minimum atomic E-state index is -4.47. The third-order valence-corrected chi connectivity index (χ3v) is 5.06. The fourth-order valence-electron chi connectivity index (χ4n) is 3.66. The molecule has 0 aliphatic carbocycles. The summed E-state index contributed by atoms with van der Waals surface area (Å²) in [7, 11) is 0. The van der Waals surface area contributed by atoms with Gasteiger partial charge >= 0.3 is 6.18 Å². The summed E-state index contributed by atoms with van der Waals surface area (Å²) in [4.78, 5) is 33.2. The van der Waals surface area contributed by atoms with E-state index in [2.05, 4.69) is 25.9 Å². The van der Waals surface area contributed by atoms with E-state index >= 15 is 0 Å². The summed E-state index contributed by atoms with van der Waals surface area (Å²) in [6.07, 6.45) is -3.47. The number of fused-ring (bicyclic) bond motifs is 1. The highest BCUT2D eigenvalue weighted by atomic mass is 19.4. The monoisotopic (exact) mass is 458 g/mol. The first-order valence-corrected chi connectivity index (χ1v) is 9.97. The lowest BCUT2D eigenvalue weighted by atomic mass is 10.1. The zero-order chi connectivity index (χ0) is 23.5. The van der Waals surface area contributed by atoms with E-state index in [1.807, 2.05) is 11.8 Å². The number of aromatic nitrogens is 5. The standard InChI is InChI=1S/C16H20F3N7O2.C2H5NO/c1-10-8-28-5-4-24(10)13-6-14(27)25-3-2-11(16(17,18)19)26(15(25)22-13)7-12-20-9-21-23-12;1-2(3)4/h6,9-11H,2-5,7-8H2,1H3,(H,20,21,23);1H3,(H2,3,4)/t10-,11+;/m1./s1. The number of primary amides is 1. The van der Waals surface area contributed by atoms with Crippen molar-refractivity contribution >= 4 is 17.7 Å². The average Bonchev–Trinajstić information content (AvgIpc) is 3.20. The van der Waals surface area contributed by atoms with E-state index in [1.54, 1.807) is 0 Å². The molecule has 2 aliphatic heterocycles. The van der Waals surface area contributed by atoms with Crippen molar-refractivity contribution in [1.29, 1.82) is 0 Å². The van der Waals surface area contributed by atoms with Gasteiger partial charge in [0.05, 0.1) is 25.8 Å². The number of hydrogen-bond donors (Lipinski definition) is 2. The second kappa shape index (κ2) is 9.54. The zero-order valence-corrected chi connectivity index (χ0v) is 17.7. The highest BCUT2D eigenvalue weighted by Crippen LogP contribution is 2.35. The molecule has 2 atom stereocenters. The van der Waals surface area contributed by atoms with Crippen LogP contribution in [0.5, 0.6) is 0 Å². The van der Waals surface area contributed by atoms with E-state index in [4.69, 9.17) is 4.74 Å². The number of ether oxygens (including phenoxy) is 1. The maximum absolute atomic E-state index is 13.7. The second-order valence-corrected chi connectivity index (χ2v) is 7.54. The van der Waals surface area contributed by atoms with Gasteiger partial charge in [0.1, 0.15) is 24.0 Å². The summed E-state index contributed by atoms with van der Waals surface area (Å²) in [6, 6.07) is -0.415. The molecule has 3 N–H and O–H groups in total. The topological polar surface area (TPSA) is 135 Å². The second-order valence-electron chi connectivity index (χ2n) is 7.54. The largest absolute Gasteiger partial charge is 0.408 e. The van der Waals surface area contributed by atoms with Crippen LogP contribution in [0.25, 0.3) is 0 Å². The molecular weight excluding hydrogens is 433 g/mol. The van der Waals surface area contributed by atoms with Crippen molar-refractivity contribution in [2.45, 2.75) is 51.6 Å². The van der Waals surface area contributed by atoms with Gasteiger partial charge in [0, 0.05) is 26.1 Å². The van der Waals surface area contributed by atoms with Crippen molar-refractivity contribution < 1.29 is 22.7 Å². The van der Waals surface area contributed by atoms with Gasteiger partial charge in [-0.25, -0.2) is 4.98 Å². The SMILES string of the molecule is CC(N)=O.C[C@@H]1COCCN1c1cc(=O)n2c(n1)N(Cc1ncn[nH]1)[C@H](C(F)(F)F)CC2. The highest BCUT2D eigenvalue weighted by molar-refractivity contribution is 5.70. The Balaban J connectivity index is 0.000000668. The van der Waals surface area contributed by atoms with Gasteiger partial charge in [-0.1, -0.05) is 0 Å². The van der Waals surface area contributed by atoms with Crippen molar-refractivity contribution in [3.8, 4) is 0 Å². The number of rotatable bonds is 3. The summed E-state index contributed by atoms with van der Waals surface area (Å²) in [6.45, 7) is 4.45. The first kappa shape index (κ1) is 23.5. The molecule has 2 aromatic rings. The van der Waals surface area contributed by atoms with Crippen LogP contribution in [-0.2, 0) is 22.6 Å². The van der Waals surface area contributed by atoms with Gasteiger partial charge in [-0.15, -0.1) is 0 Å². The van der Waals surface area contributed by atoms with Crippen molar-refractivity contribution in [2.75, 3.05) is 29.6 Å². The van der Waals surface area contributed by atoms with Gasteiger partial charge in [0.25, 0.3) is 5.56 Å². The Bertz CT molecular complexity index is 975. The molecule has 176 valence electrons. The molecule has 0 spiro atoms. The Hall–Kier alpha value is -3.16. The third-order valence-electron chi connectivity index (χ3n) is 5.06. The van der Waals surface area contributed by atoms with E-state index in [9.17, 15) is 22.8 Å². The van der Waals surface area contributed by atoms with Gasteiger partial charge in [-0.2, -0.15) is 23.3 Å². The molecular formula is C18H25F3N8O3. The Morgan fingerprint density at radius 2 is 2.09 bits per heavy atom. The number of carbonyl (C=O) groups is 1. The number of morpholine rings is 1. The number of nitrogens with one attached hydrogen (secondary N) is 1. The lowest BCUT2D eigenvalue weighted by Crippen LogP contribution is -2.52. The van der Waals surface area contributed by atoms with Gasteiger partial charge in [0.2, 0.25) is 11.9 Å². The van der Waals surface area contributed by atoms with E-state index in [-0.39, 0.29) is 48.8 Å². The Morgan fingerprint density at radius 3 is 2.69 bits per heavy atom. The molecule has 0 aromatic carbocycles. The average molecular weight is 458 g/mol. The molecule has 1 fully saturated rings. The first-order valence-electron chi connectivity index (χ1n) is 9.97. The van der Waals surface area contributed by atoms with E-state index < -0.39 is 12.2 Å². The molecule has 2 aliphatic rings. The van der Waals surface area contributed by atoms with Crippen molar-refractivity contribution in [2.24, 2.45) is 5.73 Å². The molecule has 4 heterocycles. The molecule has 1 amide bonds. The maximum atomic E-state index is 13.7. The predicted octanol–water partition coefficient (Wildman–Crippen LogP) is 0.419. The van der Waals surface area contributed by atoms with Crippen LogP contribution in [0.4, 0.5) is 24.9 Å². The van der Waals surface area contributed by atoms with E-state index in [1.165, 1.54) is 23.9 Å². The van der Waals surface area contributed by atoms with Gasteiger partial charge < -0.3 is 20.3 Å². The van der Waals surface area contributed by atoms with E-state index in [0.29, 0.717) is 25.6 Å². The molecule has 0 saturated carbocycles. The number of halogens is 3. The Kier molecular flexibility index (Phi) is 7.01. The van der Waals surface area contributed by atoms with Crippen LogP contribution in [0.1, 0.15) is 26.1 Å². The number of nitrogens with two attached hydrogens (primary N) is 1. The smallest absolute Gasteiger partial charge is 0.377 e. The number of aromatic amines is 1. The molecule has 4 rings (SSSR count). The number of hydrogen-bond acceptors (Lipinski definition) is 8. The molecule has 0 bridgehead atoms. The fourth-order valence-corrected chi connectivity index (χ4v) is 3.66. The van der Waals surface area contributed by atoms with E-state index in [0.717, 1.165) is 4.90 Å². The summed E-state index contributed by atoms with van der Waals surface area (Å²) >= 11 is 0. The van der Waals surface area contributed by atoms with Crippen LogP contribution in [-0.4, -0.2) is 68.7 Å². The summed E-state index contributed by atoms with van der Waals surface area (Å²) in [5.74, 6) is 0.283. The molecule has 1 saturated heterocycles. The van der Waals surface area contributed by atoms with Crippen molar-refractivity contribution in [3.63, 3.8) is 0 Å². The number of amides is 1. The molecule has 0 radical (unpaired) electrons. The van der Waals surface area contributed by atoms with Crippen LogP contribution in [0.15, 0.2) is 17.2 Å². The quantitative estimate of drug-likeness (QED) is 0.676. The molecule has 2 aromatic heterocycles. The minimum absolute atomic E-state index is 0.00818. The predicted molar refractivity (Wildman–Crippen MR) is 108 cm³/mol. The molecule has 0 unspecified atom stereocenters. The van der Waals surface area contributed by atoms with Crippen molar-refractivity contribution in [3.05, 3.63) is 28.6 Å². The fraction of sp³-hybridized carbons (Fsp3) is 0.611. The number of anilines is 2. The van der Waals surface area contributed by atoms with Gasteiger partial charge in [0.15, 0.2) is 0 Å². The van der Waals surface area contributed by atoms with Gasteiger partial charge in [-0.05, 0) is 13.3 Å². The zero-order valence-electron chi connectivity index (χ0n) is 17.7. The van der Waals surface area contributed by atoms with Crippen LogP contribution >= 0.6 is 0 Å². The molecule has 14 heteroatoms. The number of alkyl halides is 3. The molecule has 32 heavy (non-hydrogen) atoms. The summed E-state index contributed by atoms with van der Waals surface area (Å²) in [5, 5.41) is 6.27. The number of carbonyl (C=O) groups excluding carboxylic acids is 1. The lowest BCUT2D eigenvalue weighted by Gasteiger charge is -2.40. The lowest BCUT2D eigenvalue weighted by molar-refractivity contribution is -0.153. The van der Waals surface area contributed by atoms with Crippen LogP contribution in [0.3, 0.4) is 0 Å². The number of nitrogens with zero attached hydrogens (tertiary/aromatic N) is 6. The summed E-state index contributed by atoms with van der Waals surface area (Å²) in [5.41, 5.74) is 4.10. The Morgan fingerprint density at radius 1 is 1.38 bits per heavy atom. The molecule has 11 nitrogen and oxygen atoms in total. The van der Waals surface area contributed by atoms with Crippen LogP contribution in [0, 0.1) is 0 Å².